The van der Waals surface area contributed by atoms with E-state index in [2.05, 4.69) is 4.98 Å². The Morgan fingerprint density at radius 1 is 1.10 bits per heavy atom. The van der Waals surface area contributed by atoms with Crippen LogP contribution in [0.1, 0.15) is 5.56 Å². The minimum atomic E-state index is -0.0316. The normalized spacial score (nSPS) is 10.8. The molecule has 0 unspecified atom stereocenters. The largest absolute Gasteiger partial charge is 0.496 e. The number of aliphatic hydroxyl groups is 1. The molecule has 0 fully saturated rings. The van der Waals surface area contributed by atoms with Crippen LogP contribution in [0.4, 0.5) is 0 Å². The number of hydrogen-bond donors (Lipinski definition) is 1. The van der Waals surface area contributed by atoms with Gasteiger partial charge in [-0.05, 0) is 29.8 Å². The van der Waals surface area contributed by atoms with Gasteiger partial charge in [0, 0.05) is 0 Å². The predicted octanol–water partition coefficient (Wildman–Crippen LogP) is 3.00. The van der Waals surface area contributed by atoms with Crippen LogP contribution >= 0.6 is 0 Å². The molecule has 3 aromatic rings. The fourth-order valence-electron chi connectivity index (χ4n) is 2.24. The molecule has 1 heterocycles. The molecule has 5 heteroatoms. The smallest absolute Gasteiger partial charge is 0.234 e. The maximum atomic E-state index is 9.19. The quantitative estimate of drug-likeness (QED) is 0.798. The van der Waals surface area contributed by atoms with Crippen LogP contribution in [-0.2, 0) is 6.61 Å². The van der Waals surface area contributed by atoms with E-state index >= 15 is 0 Å². The number of aliphatic hydroxyl groups excluding tert-OH is 1. The van der Waals surface area contributed by atoms with E-state index in [-0.39, 0.29) is 6.61 Å². The number of ether oxygens (including phenoxy) is 2. The zero-order valence-corrected chi connectivity index (χ0v) is 11.8. The van der Waals surface area contributed by atoms with E-state index in [1.807, 2.05) is 18.2 Å². The SMILES string of the molecule is COc1cccc(OC)c1-c1nc2cc(CO)ccc2o1. The van der Waals surface area contributed by atoms with Crippen molar-refractivity contribution in [2.45, 2.75) is 6.61 Å². The fourth-order valence-corrected chi connectivity index (χ4v) is 2.24. The van der Waals surface area contributed by atoms with Gasteiger partial charge < -0.3 is 19.0 Å². The number of methoxy groups -OCH3 is 2. The van der Waals surface area contributed by atoms with E-state index < -0.39 is 0 Å². The highest BCUT2D eigenvalue weighted by atomic mass is 16.5. The highest BCUT2D eigenvalue weighted by molar-refractivity contribution is 5.80. The molecule has 0 spiro atoms. The van der Waals surface area contributed by atoms with Gasteiger partial charge >= 0.3 is 0 Å². The van der Waals surface area contributed by atoms with Crippen molar-refractivity contribution in [2.24, 2.45) is 0 Å². The molecule has 0 saturated heterocycles. The predicted molar refractivity (Wildman–Crippen MR) is 78.5 cm³/mol. The molecule has 1 N–H and O–H groups in total. The summed E-state index contributed by atoms with van der Waals surface area (Å²) >= 11 is 0. The van der Waals surface area contributed by atoms with Gasteiger partial charge in [0.15, 0.2) is 5.58 Å². The third-order valence-corrected chi connectivity index (χ3v) is 3.28. The van der Waals surface area contributed by atoms with Crippen LogP contribution in [0.2, 0.25) is 0 Å². The average molecular weight is 285 g/mol. The van der Waals surface area contributed by atoms with Crippen LogP contribution in [0.5, 0.6) is 11.5 Å². The average Bonchev–Trinajstić information content (AvgIpc) is 2.96. The second-order valence-corrected chi connectivity index (χ2v) is 4.52. The van der Waals surface area contributed by atoms with Gasteiger partial charge in [0.05, 0.1) is 20.8 Å². The minimum absolute atomic E-state index is 0.0316. The maximum absolute atomic E-state index is 9.19. The molecule has 5 nitrogen and oxygen atoms in total. The lowest BCUT2D eigenvalue weighted by molar-refractivity contribution is 0.282. The first-order valence-electron chi connectivity index (χ1n) is 6.48. The van der Waals surface area contributed by atoms with Gasteiger partial charge in [0.1, 0.15) is 22.6 Å². The molecule has 0 bridgehead atoms. The molecule has 108 valence electrons. The van der Waals surface area contributed by atoms with E-state index in [9.17, 15) is 5.11 Å². The van der Waals surface area contributed by atoms with Gasteiger partial charge in [0.25, 0.3) is 0 Å². The Hall–Kier alpha value is -2.53. The molecule has 21 heavy (non-hydrogen) atoms. The molecule has 0 aliphatic heterocycles. The summed E-state index contributed by atoms with van der Waals surface area (Å²) in [5.74, 6) is 1.68. The summed E-state index contributed by atoms with van der Waals surface area (Å²) in [6.45, 7) is -0.0316. The second-order valence-electron chi connectivity index (χ2n) is 4.52. The van der Waals surface area contributed by atoms with E-state index in [0.29, 0.717) is 34.1 Å². The van der Waals surface area contributed by atoms with E-state index in [4.69, 9.17) is 13.9 Å². The molecule has 0 aliphatic carbocycles. The summed E-state index contributed by atoms with van der Waals surface area (Å²) in [6.07, 6.45) is 0. The Bertz CT molecular complexity index is 757. The highest BCUT2D eigenvalue weighted by Crippen LogP contribution is 2.38. The first kappa shape index (κ1) is 13.5. The zero-order chi connectivity index (χ0) is 14.8. The van der Waals surface area contributed by atoms with Crippen molar-refractivity contribution in [1.29, 1.82) is 0 Å². The molecular formula is C16H15NO4. The Balaban J connectivity index is 2.20. The van der Waals surface area contributed by atoms with Crippen molar-refractivity contribution in [3.05, 3.63) is 42.0 Å². The van der Waals surface area contributed by atoms with Crippen LogP contribution in [0.3, 0.4) is 0 Å². The number of nitrogens with zero attached hydrogens (tertiary/aromatic N) is 1. The summed E-state index contributed by atoms with van der Waals surface area (Å²) in [5, 5.41) is 9.19. The summed E-state index contributed by atoms with van der Waals surface area (Å²) in [7, 11) is 3.18. The van der Waals surface area contributed by atoms with Crippen molar-refractivity contribution in [2.75, 3.05) is 14.2 Å². The molecule has 0 radical (unpaired) electrons. The Morgan fingerprint density at radius 2 is 1.81 bits per heavy atom. The summed E-state index contributed by atoms with van der Waals surface area (Å²) in [4.78, 5) is 4.47. The third kappa shape index (κ3) is 2.32. The maximum Gasteiger partial charge on any atom is 0.234 e. The van der Waals surface area contributed by atoms with Gasteiger partial charge in [-0.15, -0.1) is 0 Å². The van der Waals surface area contributed by atoms with Crippen LogP contribution in [0.15, 0.2) is 40.8 Å². The molecule has 2 aromatic carbocycles. The van der Waals surface area contributed by atoms with E-state index in [0.717, 1.165) is 5.56 Å². The number of benzene rings is 2. The molecule has 0 amide bonds. The number of rotatable bonds is 4. The molecule has 3 rings (SSSR count). The summed E-state index contributed by atoms with van der Waals surface area (Å²) in [6, 6.07) is 10.9. The van der Waals surface area contributed by atoms with Gasteiger partial charge in [-0.3, -0.25) is 0 Å². The van der Waals surface area contributed by atoms with Crippen molar-refractivity contribution in [1.82, 2.24) is 4.98 Å². The highest BCUT2D eigenvalue weighted by Gasteiger charge is 2.18. The number of hydrogen-bond acceptors (Lipinski definition) is 5. The van der Waals surface area contributed by atoms with Crippen LogP contribution in [-0.4, -0.2) is 24.3 Å². The van der Waals surface area contributed by atoms with Crippen molar-refractivity contribution in [3.63, 3.8) is 0 Å². The topological polar surface area (TPSA) is 64.7 Å². The molecular weight excluding hydrogens is 270 g/mol. The Kier molecular flexibility index (Phi) is 3.50. The number of fused-ring (bicyclic) bond motifs is 1. The minimum Gasteiger partial charge on any atom is -0.496 e. The van der Waals surface area contributed by atoms with Gasteiger partial charge in [-0.25, -0.2) is 4.98 Å². The van der Waals surface area contributed by atoms with Crippen molar-refractivity contribution >= 4 is 11.1 Å². The number of aromatic nitrogens is 1. The van der Waals surface area contributed by atoms with Gasteiger partial charge in [-0.2, -0.15) is 0 Å². The van der Waals surface area contributed by atoms with E-state index in [1.54, 1.807) is 32.4 Å². The molecule has 1 aromatic heterocycles. The molecule has 0 aliphatic rings. The molecule has 0 saturated carbocycles. The third-order valence-electron chi connectivity index (χ3n) is 3.28. The second kappa shape index (κ2) is 5.46. The van der Waals surface area contributed by atoms with Gasteiger partial charge in [0.2, 0.25) is 5.89 Å². The first-order chi connectivity index (χ1) is 10.3. The Labute approximate surface area is 121 Å². The van der Waals surface area contributed by atoms with Crippen LogP contribution < -0.4 is 9.47 Å². The Morgan fingerprint density at radius 3 is 2.43 bits per heavy atom. The first-order valence-corrected chi connectivity index (χ1v) is 6.48. The summed E-state index contributed by atoms with van der Waals surface area (Å²) < 4.78 is 16.5. The van der Waals surface area contributed by atoms with Crippen LogP contribution in [0.25, 0.3) is 22.6 Å². The zero-order valence-electron chi connectivity index (χ0n) is 11.8. The van der Waals surface area contributed by atoms with Crippen LogP contribution in [0, 0.1) is 0 Å². The van der Waals surface area contributed by atoms with Crippen molar-refractivity contribution in [3.8, 4) is 23.0 Å². The fraction of sp³-hybridized carbons (Fsp3) is 0.188. The lowest BCUT2D eigenvalue weighted by atomic mass is 10.1. The van der Waals surface area contributed by atoms with Crippen molar-refractivity contribution < 1.29 is 19.0 Å². The molecule has 0 atom stereocenters. The lowest BCUT2D eigenvalue weighted by Crippen LogP contribution is -1.92. The standard InChI is InChI=1S/C16H15NO4/c1-19-13-4-3-5-14(20-2)15(13)16-17-11-8-10(9-18)6-7-12(11)21-16/h3-8,18H,9H2,1-2H3. The summed E-state index contributed by atoms with van der Waals surface area (Å²) in [5.41, 5.74) is 2.79. The van der Waals surface area contributed by atoms with Gasteiger partial charge in [-0.1, -0.05) is 12.1 Å². The van der Waals surface area contributed by atoms with E-state index in [1.165, 1.54) is 0 Å². The monoisotopic (exact) mass is 285 g/mol. The lowest BCUT2D eigenvalue weighted by Gasteiger charge is -2.09. The number of oxazole rings is 1.